The molecule has 1 aromatic carbocycles. The maximum atomic E-state index is 12.5. The molecule has 0 N–H and O–H groups in total. The second-order valence-corrected chi connectivity index (χ2v) is 9.92. The number of nitrogens with zero attached hydrogens (tertiary/aromatic N) is 3. The number of carbonyl (C=O) groups is 1. The van der Waals surface area contributed by atoms with Gasteiger partial charge in [0.05, 0.1) is 18.1 Å². The van der Waals surface area contributed by atoms with Crippen LogP contribution >= 0.6 is 11.6 Å². The first-order valence-corrected chi connectivity index (χ1v) is 11.1. The van der Waals surface area contributed by atoms with Crippen molar-refractivity contribution in [3.8, 4) is 0 Å². The number of benzene rings is 1. The fourth-order valence-electron chi connectivity index (χ4n) is 3.66. The van der Waals surface area contributed by atoms with E-state index in [2.05, 4.69) is 16.7 Å². The molecule has 2 heterocycles. The van der Waals surface area contributed by atoms with Gasteiger partial charge in [0.25, 0.3) is 0 Å². The summed E-state index contributed by atoms with van der Waals surface area (Å²) in [6.07, 6.45) is 0.548. The molecule has 2 saturated heterocycles. The Labute approximate surface area is 160 Å². The molecule has 0 aromatic heterocycles. The lowest BCUT2D eigenvalue weighted by atomic mass is 10.1. The number of carbonyl (C=O) groups excluding carboxylic acids is 1. The van der Waals surface area contributed by atoms with Crippen molar-refractivity contribution in [2.75, 3.05) is 56.2 Å². The molecule has 0 bridgehead atoms. The molecule has 2 fully saturated rings. The minimum Gasteiger partial charge on any atom is -0.369 e. The van der Waals surface area contributed by atoms with Crippen LogP contribution in [0.4, 0.5) is 5.69 Å². The van der Waals surface area contributed by atoms with Crippen molar-refractivity contribution in [1.29, 1.82) is 0 Å². The zero-order chi connectivity index (χ0) is 18.9. The van der Waals surface area contributed by atoms with Crippen molar-refractivity contribution in [2.45, 2.75) is 19.4 Å². The first kappa shape index (κ1) is 19.5. The Morgan fingerprint density at radius 2 is 1.96 bits per heavy atom. The summed E-state index contributed by atoms with van der Waals surface area (Å²) in [5.74, 6) is 0.281. The van der Waals surface area contributed by atoms with Gasteiger partial charge in [0.2, 0.25) is 5.91 Å². The molecule has 8 heteroatoms. The molecule has 0 saturated carbocycles. The number of anilines is 1. The highest BCUT2D eigenvalue weighted by Crippen LogP contribution is 2.25. The smallest absolute Gasteiger partial charge is 0.236 e. The van der Waals surface area contributed by atoms with Gasteiger partial charge >= 0.3 is 0 Å². The monoisotopic (exact) mass is 399 g/mol. The van der Waals surface area contributed by atoms with E-state index in [1.54, 1.807) is 11.9 Å². The molecule has 1 unspecified atom stereocenters. The van der Waals surface area contributed by atoms with Gasteiger partial charge in [-0.2, -0.15) is 0 Å². The number of amides is 1. The predicted octanol–water partition coefficient (Wildman–Crippen LogP) is 1.42. The number of hydrogen-bond donors (Lipinski definition) is 0. The summed E-state index contributed by atoms with van der Waals surface area (Å²) in [5, 5.41) is 0.733. The maximum absolute atomic E-state index is 12.5. The van der Waals surface area contributed by atoms with E-state index in [-0.39, 0.29) is 23.5 Å². The van der Waals surface area contributed by atoms with Crippen LogP contribution in [0.1, 0.15) is 12.0 Å². The van der Waals surface area contributed by atoms with Crippen LogP contribution in [-0.2, 0) is 14.6 Å². The van der Waals surface area contributed by atoms with Crippen molar-refractivity contribution in [2.24, 2.45) is 0 Å². The highest BCUT2D eigenvalue weighted by molar-refractivity contribution is 7.91. The summed E-state index contributed by atoms with van der Waals surface area (Å²) < 4.78 is 23.2. The lowest BCUT2D eigenvalue weighted by Crippen LogP contribution is -2.51. The van der Waals surface area contributed by atoms with Crippen LogP contribution in [0.5, 0.6) is 0 Å². The number of sulfone groups is 1. The van der Waals surface area contributed by atoms with Gasteiger partial charge < -0.3 is 9.80 Å². The molecule has 0 radical (unpaired) electrons. The lowest BCUT2D eigenvalue weighted by molar-refractivity contribution is -0.132. The fraction of sp³-hybridized carbons (Fsp3) is 0.611. The van der Waals surface area contributed by atoms with E-state index in [1.807, 2.05) is 18.2 Å². The van der Waals surface area contributed by atoms with Gasteiger partial charge in [0.15, 0.2) is 9.84 Å². The van der Waals surface area contributed by atoms with Gasteiger partial charge in [0, 0.05) is 50.0 Å². The summed E-state index contributed by atoms with van der Waals surface area (Å²) in [6, 6.07) is 5.74. The van der Waals surface area contributed by atoms with Crippen molar-refractivity contribution in [1.82, 2.24) is 9.80 Å². The fourth-order valence-corrected chi connectivity index (χ4v) is 5.60. The number of aryl methyl sites for hydroxylation is 1. The van der Waals surface area contributed by atoms with E-state index in [4.69, 9.17) is 11.6 Å². The zero-order valence-corrected chi connectivity index (χ0v) is 16.9. The molecule has 26 heavy (non-hydrogen) atoms. The third-order valence-corrected chi connectivity index (χ3v) is 7.38. The van der Waals surface area contributed by atoms with Crippen LogP contribution in [0.15, 0.2) is 18.2 Å². The second-order valence-electron chi connectivity index (χ2n) is 7.26. The maximum Gasteiger partial charge on any atom is 0.236 e. The molecule has 0 aliphatic carbocycles. The minimum atomic E-state index is -2.98. The molecular formula is C18H26ClN3O3S. The van der Waals surface area contributed by atoms with Crippen LogP contribution in [0, 0.1) is 6.92 Å². The SMILES string of the molecule is Cc1ccc(Cl)cc1N1CCN(CC(=O)N(C)C2CCS(=O)(=O)C2)CC1. The molecule has 0 spiro atoms. The van der Waals surface area contributed by atoms with Gasteiger partial charge in [-0.1, -0.05) is 17.7 Å². The summed E-state index contributed by atoms with van der Waals surface area (Å²) in [4.78, 5) is 18.6. The van der Waals surface area contributed by atoms with Crippen molar-refractivity contribution >= 4 is 33.0 Å². The Hall–Kier alpha value is -1.31. The van der Waals surface area contributed by atoms with Gasteiger partial charge in [0.1, 0.15) is 0 Å². The molecule has 1 atom stereocenters. The summed E-state index contributed by atoms with van der Waals surface area (Å²) in [5.41, 5.74) is 2.35. The number of piperazine rings is 1. The molecule has 6 nitrogen and oxygen atoms in total. The van der Waals surface area contributed by atoms with Crippen LogP contribution in [0.3, 0.4) is 0 Å². The molecule has 3 rings (SSSR count). The molecular weight excluding hydrogens is 374 g/mol. The third kappa shape index (κ3) is 4.50. The topological polar surface area (TPSA) is 60.9 Å². The van der Waals surface area contributed by atoms with Gasteiger partial charge in [-0.05, 0) is 31.0 Å². The first-order valence-electron chi connectivity index (χ1n) is 8.95. The first-order chi connectivity index (χ1) is 12.2. The predicted molar refractivity (Wildman–Crippen MR) is 105 cm³/mol. The van der Waals surface area contributed by atoms with Gasteiger partial charge in [-0.3, -0.25) is 9.69 Å². The largest absolute Gasteiger partial charge is 0.369 e. The number of hydrogen-bond acceptors (Lipinski definition) is 5. The van der Waals surface area contributed by atoms with E-state index in [1.165, 1.54) is 5.56 Å². The van der Waals surface area contributed by atoms with E-state index >= 15 is 0 Å². The van der Waals surface area contributed by atoms with E-state index in [9.17, 15) is 13.2 Å². The van der Waals surface area contributed by atoms with E-state index in [0.29, 0.717) is 13.0 Å². The zero-order valence-electron chi connectivity index (χ0n) is 15.3. The molecule has 1 aromatic rings. The lowest BCUT2D eigenvalue weighted by Gasteiger charge is -2.37. The Morgan fingerprint density at radius 3 is 2.58 bits per heavy atom. The quantitative estimate of drug-likeness (QED) is 0.766. The van der Waals surface area contributed by atoms with Crippen molar-refractivity contribution in [3.05, 3.63) is 28.8 Å². The number of halogens is 1. The van der Waals surface area contributed by atoms with E-state index in [0.717, 1.165) is 36.9 Å². The Balaban J connectivity index is 1.52. The van der Waals surface area contributed by atoms with Crippen LogP contribution in [-0.4, -0.2) is 81.4 Å². The standard InChI is InChI=1S/C18H26ClN3O3S/c1-14-3-4-15(19)11-17(14)22-8-6-21(7-9-22)12-18(23)20(2)16-5-10-26(24,25)13-16/h3-4,11,16H,5-10,12-13H2,1-2H3. The van der Waals surface area contributed by atoms with Crippen molar-refractivity contribution < 1.29 is 13.2 Å². The second kappa shape index (κ2) is 7.74. The molecule has 1 amide bonds. The van der Waals surface area contributed by atoms with Crippen LogP contribution < -0.4 is 4.90 Å². The normalized spacial score (nSPS) is 23.2. The number of likely N-dealkylation sites (N-methyl/N-ethyl adjacent to an activating group) is 1. The third-order valence-electron chi connectivity index (χ3n) is 5.39. The minimum absolute atomic E-state index is 0.000476. The van der Waals surface area contributed by atoms with Gasteiger partial charge in [-0.15, -0.1) is 0 Å². The molecule has 144 valence electrons. The van der Waals surface area contributed by atoms with E-state index < -0.39 is 9.84 Å². The average molecular weight is 400 g/mol. The summed E-state index contributed by atoms with van der Waals surface area (Å²) in [7, 11) is -1.26. The molecule has 2 aliphatic heterocycles. The highest BCUT2D eigenvalue weighted by Gasteiger charge is 2.33. The average Bonchev–Trinajstić information content (AvgIpc) is 2.97. The van der Waals surface area contributed by atoms with Gasteiger partial charge in [-0.25, -0.2) is 8.42 Å². The Morgan fingerprint density at radius 1 is 1.27 bits per heavy atom. The Kier molecular flexibility index (Phi) is 5.79. The van der Waals surface area contributed by atoms with Crippen molar-refractivity contribution in [3.63, 3.8) is 0 Å². The summed E-state index contributed by atoms with van der Waals surface area (Å²) in [6.45, 7) is 5.70. The number of rotatable bonds is 4. The van der Waals surface area contributed by atoms with Crippen LogP contribution in [0.25, 0.3) is 0 Å². The highest BCUT2D eigenvalue weighted by atomic mass is 35.5. The summed E-state index contributed by atoms with van der Waals surface area (Å²) >= 11 is 6.12. The molecule has 2 aliphatic rings. The Bertz CT molecular complexity index is 776. The van der Waals surface area contributed by atoms with Crippen LogP contribution in [0.2, 0.25) is 5.02 Å².